The van der Waals surface area contributed by atoms with Crippen molar-refractivity contribution < 1.29 is 18.0 Å². The molecule has 0 bridgehead atoms. The standard InChI is InChI=1S/C13H11F3N2OS/c1-18(2)12(19)10-7-20-11(17-10)8-3-5-9(6-4-8)13(14,15)16/h3-7H,1-2H3. The maximum absolute atomic E-state index is 12.5. The molecule has 0 saturated carbocycles. The van der Waals surface area contributed by atoms with Gasteiger partial charge in [0, 0.05) is 25.0 Å². The summed E-state index contributed by atoms with van der Waals surface area (Å²) in [7, 11) is 3.22. The molecular formula is C13H11F3N2OS. The van der Waals surface area contributed by atoms with Crippen LogP contribution >= 0.6 is 11.3 Å². The largest absolute Gasteiger partial charge is 0.416 e. The molecular weight excluding hydrogens is 289 g/mol. The van der Waals surface area contributed by atoms with Gasteiger partial charge >= 0.3 is 6.18 Å². The van der Waals surface area contributed by atoms with Crippen LogP contribution in [-0.2, 0) is 6.18 Å². The van der Waals surface area contributed by atoms with Gasteiger partial charge in [-0.2, -0.15) is 13.2 Å². The Hall–Kier alpha value is -1.89. The van der Waals surface area contributed by atoms with Gasteiger partial charge in [-0.3, -0.25) is 4.79 Å². The summed E-state index contributed by atoms with van der Waals surface area (Å²) in [5, 5.41) is 2.11. The van der Waals surface area contributed by atoms with E-state index < -0.39 is 11.7 Å². The molecule has 0 N–H and O–H groups in total. The molecule has 3 nitrogen and oxygen atoms in total. The normalized spacial score (nSPS) is 11.4. The molecule has 0 aliphatic rings. The number of carbonyl (C=O) groups excluding carboxylic acids is 1. The first-order valence-electron chi connectivity index (χ1n) is 5.64. The number of carbonyl (C=O) groups is 1. The number of hydrogen-bond acceptors (Lipinski definition) is 3. The Morgan fingerprint density at radius 3 is 2.30 bits per heavy atom. The van der Waals surface area contributed by atoms with Crippen LogP contribution in [0.4, 0.5) is 13.2 Å². The third kappa shape index (κ3) is 2.98. The first-order valence-corrected chi connectivity index (χ1v) is 6.52. The van der Waals surface area contributed by atoms with Gasteiger partial charge in [0.15, 0.2) is 0 Å². The summed E-state index contributed by atoms with van der Waals surface area (Å²) < 4.78 is 37.4. The van der Waals surface area contributed by atoms with E-state index >= 15 is 0 Å². The highest BCUT2D eigenvalue weighted by molar-refractivity contribution is 7.13. The predicted octanol–water partition coefficient (Wildman–Crippen LogP) is 3.53. The van der Waals surface area contributed by atoms with Gasteiger partial charge in [-0.1, -0.05) is 12.1 Å². The topological polar surface area (TPSA) is 33.2 Å². The number of aromatic nitrogens is 1. The molecule has 0 unspecified atom stereocenters. The lowest BCUT2D eigenvalue weighted by Gasteiger charge is -2.07. The molecule has 0 spiro atoms. The summed E-state index contributed by atoms with van der Waals surface area (Å²) in [6, 6.07) is 4.71. The summed E-state index contributed by atoms with van der Waals surface area (Å²) in [5.74, 6) is -0.237. The number of nitrogens with zero attached hydrogens (tertiary/aromatic N) is 2. The second kappa shape index (κ2) is 5.24. The highest BCUT2D eigenvalue weighted by Gasteiger charge is 2.30. The molecule has 2 rings (SSSR count). The van der Waals surface area contributed by atoms with E-state index in [-0.39, 0.29) is 11.6 Å². The maximum atomic E-state index is 12.5. The number of hydrogen-bond donors (Lipinski definition) is 0. The van der Waals surface area contributed by atoms with Crippen molar-refractivity contribution in [1.82, 2.24) is 9.88 Å². The van der Waals surface area contributed by atoms with E-state index in [9.17, 15) is 18.0 Å². The van der Waals surface area contributed by atoms with Crippen molar-refractivity contribution in [3.8, 4) is 10.6 Å². The lowest BCUT2D eigenvalue weighted by Crippen LogP contribution is -2.21. The fourth-order valence-corrected chi connectivity index (χ4v) is 2.34. The van der Waals surface area contributed by atoms with E-state index in [0.29, 0.717) is 10.6 Å². The SMILES string of the molecule is CN(C)C(=O)c1csc(-c2ccc(C(F)(F)F)cc2)n1. The Morgan fingerprint density at radius 1 is 1.20 bits per heavy atom. The highest BCUT2D eigenvalue weighted by atomic mass is 32.1. The van der Waals surface area contributed by atoms with Crippen molar-refractivity contribution in [1.29, 1.82) is 0 Å². The molecule has 1 amide bonds. The Labute approximate surface area is 117 Å². The van der Waals surface area contributed by atoms with Crippen molar-refractivity contribution in [2.75, 3.05) is 14.1 Å². The minimum atomic E-state index is -4.35. The van der Waals surface area contributed by atoms with Gasteiger partial charge in [0.05, 0.1) is 5.56 Å². The van der Waals surface area contributed by atoms with Crippen LogP contribution < -0.4 is 0 Å². The Morgan fingerprint density at radius 2 is 1.80 bits per heavy atom. The van der Waals surface area contributed by atoms with Crippen molar-refractivity contribution in [3.63, 3.8) is 0 Å². The Bertz CT molecular complexity index is 617. The molecule has 2 aromatic rings. The zero-order chi connectivity index (χ0) is 14.9. The Balaban J connectivity index is 2.27. The molecule has 0 radical (unpaired) electrons. The zero-order valence-electron chi connectivity index (χ0n) is 10.7. The van der Waals surface area contributed by atoms with Gasteiger partial charge in [0.25, 0.3) is 5.91 Å². The minimum absolute atomic E-state index is 0.237. The molecule has 0 saturated heterocycles. The average Bonchev–Trinajstić information content (AvgIpc) is 2.86. The average molecular weight is 300 g/mol. The summed E-state index contributed by atoms with van der Waals surface area (Å²) in [5.41, 5.74) is 0.137. The Kier molecular flexibility index (Phi) is 3.80. The fourth-order valence-electron chi connectivity index (χ4n) is 1.54. The quantitative estimate of drug-likeness (QED) is 0.850. The smallest absolute Gasteiger partial charge is 0.343 e. The van der Waals surface area contributed by atoms with Crippen molar-refractivity contribution >= 4 is 17.2 Å². The first kappa shape index (κ1) is 14.5. The highest BCUT2D eigenvalue weighted by Crippen LogP contribution is 2.31. The van der Waals surface area contributed by atoms with Crippen LogP contribution in [0.25, 0.3) is 10.6 Å². The summed E-state index contributed by atoms with van der Waals surface area (Å²) in [6.07, 6.45) is -4.35. The number of amides is 1. The zero-order valence-corrected chi connectivity index (χ0v) is 11.5. The van der Waals surface area contributed by atoms with Gasteiger partial charge in [0.2, 0.25) is 0 Å². The third-order valence-corrected chi connectivity index (χ3v) is 3.48. The third-order valence-electron chi connectivity index (χ3n) is 2.59. The minimum Gasteiger partial charge on any atom is -0.343 e. The number of alkyl halides is 3. The number of rotatable bonds is 2. The maximum Gasteiger partial charge on any atom is 0.416 e. The van der Waals surface area contributed by atoms with E-state index in [2.05, 4.69) is 4.98 Å². The first-order chi connectivity index (χ1) is 9.29. The molecule has 106 valence electrons. The van der Waals surface area contributed by atoms with Crippen LogP contribution in [0.2, 0.25) is 0 Å². The van der Waals surface area contributed by atoms with Crippen molar-refractivity contribution in [3.05, 3.63) is 40.9 Å². The monoisotopic (exact) mass is 300 g/mol. The molecule has 0 aliphatic heterocycles. The summed E-state index contributed by atoms with van der Waals surface area (Å²) in [4.78, 5) is 17.2. The van der Waals surface area contributed by atoms with Crippen molar-refractivity contribution in [2.24, 2.45) is 0 Å². The van der Waals surface area contributed by atoms with Crippen LogP contribution in [0, 0.1) is 0 Å². The molecule has 1 heterocycles. The molecule has 1 aromatic carbocycles. The second-order valence-corrected chi connectivity index (χ2v) is 5.17. The number of benzene rings is 1. The van der Waals surface area contributed by atoms with Crippen LogP contribution in [0.15, 0.2) is 29.6 Å². The fraction of sp³-hybridized carbons (Fsp3) is 0.231. The number of thiazole rings is 1. The molecule has 20 heavy (non-hydrogen) atoms. The van der Waals surface area contributed by atoms with Crippen LogP contribution in [0.5, 0.6) is 0 Å². The molecule has 1 aromatic heterocycles. The van der Waals surface area contributed by atoms with E-state index in [1.54, 1.807) is 19.5 Å². The van der Waals surface area contributed by atoms with E-state index in [1.807, 2.05) is 0 Å². The lowest BCUT2D eigenvalue weighted by atomic mass is 10.1. The van der Waals surface area contributed by atoms with Crippen molar-refractivity contribution in [2.45, 2.75) is 6.18 Å². The van der Waals surface area contributed by atoms with Gasteiger partial charge in [0.1, 0.15) is 10.7 Å². The molecule has 0 fully saturated rings. The van der Waals surface area contributed by atoms with E-state index in [4.69, 9.17) is 0 Å². The van der Waals surface area contributed by atoms with Crippen LogP contribution in [0.1, 0.15) is 16.1 Å². The van der Waals surface area contributed by atoms with Gasteiger partial charge in [-0.15, -0.1) is 11.3 Å². The lowest BCUT2D eigenvalue weighted by molar-refractivity contribution is -0.137. The summed E-state index contributed by atoms with van der Waals surface area (Å²) in [6.45, 7) is 0. The summed E-state index contributed by atoms with van der Waals surface area (Å²) >= 11 is 1.22. The van der Waals surface area contributed by atoms with E-state index in [1.165, 1.54) is 28.4 Å². The van der Waals surface area contributed by atoms with Gasteiger partial charge < -0.3 is 4.90 Å². The molecule has 0 aliphatic carbocycles. The van der Waals surface area contributed by atoms with Crippen LogP contribution in [-0.4, -0.2) is 29.9 Å². The van der Waals surface area contributed by atoms with Gasteiger partial charge in [-0.25, -0.2) is 4.98 Å². The second-order valence-electron chi connectivity index (χ2n) is 4.31. The molecule has 0 atom stereocenters. The van der Waals surface area contributed by atoms with E-state index in [0.717, 1.165) is 12.1 Å². The number of halogens is 3. The van der Waals surface area contributed by atoms with Gasteiger partial charge in [-0.05, 0) is 12.1 Å². The predicted molar refractivity (Wildman–Crippen MR) is 70.6 cm³/mol. The van der Waals surface area contributed by atoms with Crippen LogP contribution in [0.3, 0.4) is 0 Å². The molecule has 7 heteroatoms.